The highest BCUT2D eigenvalue weighted by Crippen LogP contribution is 2.39. The zero-order valence-electron chi connectivity index (χ0n) is 10.4. The molecule has 0 bridgehead atoms. The number of anilines is 1. The number of rotatable bonds is 1. The van der Waals surface area contributed by atoms with E-state index in [-0.39, 0.29) is 11.3 Å². The molecule has 21 heavy (non-hydrogen) atoms. The first-order valence-electron chi connectivity index (χ1n) is 5.88. The van der Waals surface area contributed by atoms with Crippen LogP contribution in [0.15, 0.2) is 36.4 Å². The monoisotopic (exact) mass is 328 g/mol. The van der Waals surface area contributed by atoms with E-state index in [1.54, 1.807) is 18.2 Å². The summed E-state index contributed by atoms with van der Waals surface area (Å²) < 4.78 is 39.1. The minimum Gasteiger partial charge on any atom is -0.398 e. The predicted octanol–water partition coefficient (Wildman–Crippen LogP) is 5.22. The number of hydrogen-bond donors (Lipinski definition) is 1. The summed E-state index contributed by atoms with van der Waals surface area (Å²) in [4.78, 5) is 4.31. The van der Waals surface area contributed by atoms with Crippen molar-refractivity contribution in [3.8, 4) is 10.6 Å². The molecule has 3 aromatic rings. The smallest absolute Gasteiger partial charge is 0.398 e. The van der Waals surface area contributed by atoms with Crippen molar-refractivity contribution in [3.05, 3.63) is 47.0 Å². The van der Waals surface area contributed by atoms with Crippen molar-refractivity contribution in [2.24, 2.45) is 0 Å². The van der Waals surface area contributed by atoms with Gasteiger partial charge < -0.3 is 5.73 Å². The van der Waals surface area contributed by atoms with Crippen LogP contribution in [0.2, 0.25) is 5.02 Å². The number of fused-ring (bicyclic) bond motifs is 1. The second kappa shape index (κ2) is 4.89. The Balaban J connectivity index is 2.20. The molecule has 108 valence electrons. The molecule has 0 saturated heterocycles. The molecule has 0 aliphatic rings. The summed E-state index contributed by atoms with van der Waals surface area (Å²) in [5.41, 5.74) is 6.19. The summed E-state index contributed by atoms with van der Waals surface area (Å²) >= 11 is 7.28. The van der Waals surface area contributed by atoms with Gasteiger partial charge in [0, 0.05) is 11.3 Å². The third-order valence-electron chi connectivity index (χ3n) is 2.98. The van der Waals surface area contributed by atoms with Crippen molar-refractivity contribution < 1.29 is 13.2 Å². The van der Waals surface area contributed by atoms with Crippen LogP contribution in [0.3, 0.4) is 0 Å². The summed E-state index contributed by atoms with van der Waals surface area (Å²) in [6.07, 6.45) is -4.42. The van der Waals surface area contributed by atoms with Crippen LogP contribution in [0.4, 0.5) is 18.9 Å². The minimum atomic E-state index is -4.42. The topological polar surface area (TPSA) is 38.9 Å². The lowest BCUT2D eigenvalue weighted by molar-refractivity contribution is -0.137. The average Bonchev–Trinajstić information content (AvgIpc) is 2.83. The summed E-state index contributed by atoms with van der Waals surface area (Å²) in [5.74, 6) is 0. The van der Waals surface area contributed by atoms with Crippen LogP contribution in [0.5, 0.6) is 0 Å². The van der Waals surface area contributed by atoms with Gasteiger partial charge in [-0.25, -0.2) is 4.98 Å². The Morgan fingerprint density at radius 1 is 1.14 bits per heavy atom. The molecule has 3 rings (SSSR count). The molecule has 2 N–H and O–H groups in total. The maximum absolute atomic E-state index is 12.8. The molecular formula is C14H8ClF3N2S. The zero-order chi connectivity index (χ0) is 15.2. The Bertz CT molecular complexity index is 827. The molecule has 1 heterocycles. The van der Waals surface area contributed by atoms with Gasteiger partial charge in [-0.15, -0.1) is 11.3 Å². The Hall–Kier alpha value is -1.79. The molecule has 7 heteroatoms. The quantitative estimate of drug-likeness (QED) is 0.622. The van der Waals surface area contributed by atoms with E-state index in [1.165, 1.54) is 17.4 Å². The maximum Gasteiger partial charge on any atom is 0.416 e. The van der Waals surface area contributed by atoms with Crippen molar-refractivity contribution >= 4 is 38.8 Å². The van der Waals surface area contributed by atoms with Gasteiger partial charge in [0.05, 0.1) is 20.8 Å². The molecule has 0 unspecified atom stereocenters. The van der Waals surface area contributed by atoms with Gasteiger partial charge in [-0.3, -0.25) is 0 Å². The second-order valence-corrected chi connectivity index (χ2v) is 5.81. The molecule has 0 amide bonds. The number of benzene rings is 2. The SMILES string of the molecule is Nc1ccc(C(F)(F)F)cc1-c1nc2cccc(Cl)c2s1. The van der Waals surface area contributed by atoms with Crippen LogP contribution >= 0.6 is 22.9 Å². The Morgan fingerprint density at radius 3 is 2.57 bits per heavy atom. The second-order valence-electron chi connectivity index (χ2n) is 4.41. The highest BCUT2D eigenvalue weighted by Gasteiger charge is 2.31. The maximum atomic E-state index is 12.8. The van der Waals surface area contributed by atoms with Crippen molar-refractivity contribution in [1.29, 1.82) is 0 Å². The summed E-state index contributed by atoms with van der Waals surface area (Å²) in [6, 6.07) is 8.42. The van der Waals surface area contributed by atoms with E-state index < -0.39 is 11.7 Å². The molecule has 0 radical (unpaired) electrons. The lowest BCUT2D eigenvalue weighted by Gasteiger charge is -2.09. The van der Waals surface area contributed by atoms with Crippen molar-refractivity contribution in [2.75, 3.05) is 5.73 Å². The van der Waals surface area contributed by atoms with Crippen LogP contribution in [-0.2, 0) is 6.18 Å². The van der Waals surface area contributed by atoms with E-state index >= 15 is 0 Å². The highest BCUT2D eigenvalue weighted by molar-refractivity contribution is 7.22. The van der Waals surface area contributed by atoms with Gasteiger partial charge in [0.15, 0.2) is 0 Å². The summed E-state index contributed by atoms with van der Waals surface area (Å²) in [7, 11) is 0. The van der Waals surface area contributed by atoms with E-state index in [2.05, 4.69) is 4.98 Å². The number of nitrogens with zero attached hydrogens (tertiary/aromatic N) is 1. The largest absolute Gasteiger partial charge is 0.416 e. The zero-order valence-corrected chi connectivity index (χ0v) is 12.0. The number of thiazole rings is 1. The van der Waals surface area contributed by atoms with Gasteiger partial charge in [0.2, 0.25) is 0 Å². The van der Waals surface area contributed by atoms with Gasteiger partial charge in [0.25, 0.3) is 0 Å². The van der Waals surface area contributed by atoms with E-state index in [0.717, 1.165) is 16.8 Å². The molecule has 0 saturated carbocycles. The third kappa shape index (κ3) is 2.56. The van der Waals surface area contributed by atoms with Gasteiger partial charge >= 0.3 is 6.18 Å². The first kappa shape index (κ1) is 14.2. The van der Waals surface area contributed by atoms with Gasteiger partial charge in [0.1, 0.15) is 5.01 Å². The lowest BCUT2D eigenvalue weighted by atomic mass is 10.1. The Morgan fingerprint density at radius 2 is 1.90 bits per heavy atom. The molecular weight excluding hydrogens is 321 g/mol. The molecule has 0 fully saturated rings. The van der Waals surface area contributed by atoms with Gasteiger partial charge in [-0.05, 0) is 30.3 Å². The normalized spacial score (nSPS) is 12.0. The molecule has 1 aromatic heterocycles. The number of nitrogens with two attached hydrogens (primary N) is 1. The fraction of sp³-hybridized carbons (Fsp3) is 0.0714. The first-order chi connectivity index (χ1) is 9.86. The Labute approximate surface area is 127 Å². The van der Waals surface area contributed by atoms with Gasteiger partial charge in [-0.2, -0.15) is 13.2 Å². The van der Waals surface area contributed by atoms with E-state index in [1.807, 2.05) is 0 Å². The van der Waals surface area contributed by atoms with E-state index in [0.29, 0.717) is 15.5 Å². The third-order valence-corrected chi connectivity index (χ3v) is 4.54. The number of hydrogen-bond acceptors (Lipinski definition) is 3. The first-order valence-corrected chi connectivity index (χ1v) is 7.08. The molecule has 2 nitrogen and oxygen atoms in total. The summed E-state index contributed by atoms with van der Waals surface area (Å²) in [5, 5.41) is 0.934. The molecule has 0 atom stereocenters. The number of aromatic nitrogens is 1. The molecule has 0 aliphatic heterocycles. The lowest BCUT2D eigenvalue weighted by Crippen LogP contribution is -2.05. The average molecular weight is 329 g/mol. The highest BCUT2D eigenvalue weighted by atomic mass is 35.5. The number of halogens is 4. The van der Waals surface area contributed by atoms with E-state index in [9.17, 15) is 13.2 Å². The fourth-order valence-corrected chi connectivity index (χ4v) is 3.24. The van der Waals surface area contributed by atoms with Crippen molar-refractivity contribution in [3.63, 3.8) is 0 Å². The van der Waals surface area contributed by atoms with Crippen molar-refractivity contribution in [1.82, 2.24) is 4.98 Å². The van der Waals surface area contributed by atoms with Crippen LogP contribution in [0, 0.1) is 0 Å². The number of alkyl halides is 3. The van der Waals surface area contributed by atoms with Crippen LogP contribution in [0.25, 0.3) is 20.8 Å². The molecule has 0 aliphatic carbocycles. The minimum absolute atomic E-state index is 0.248. The fourth-order valence-electron chi connectivity index (χ4n) is 1.95. The standard InChI is InChI=1S/C14H8ClF3N2S/c15-9-2-1-3-11-12(9)21-13(20-11)8-6-7(14(16,17)18)4-5-10(8)19/h1-6H,19H2. The van der Waals surface area contributed by atoms with Crippen LogP contribution < -0.4 is 5.73 Å². The predicted molar refractivity (Wildman–Crippen MR) is 79.5 cm³/mol. The summed E-state index contributed by atoms with van der Waals surface area (Å²) in [6.45, 7) is 0. The van der Waals surface area contributed by atoms with Crippen molar-refractivity contribution in [2.45, 2.75) is 6.18 Å². The van der Waals surface area contributed by atoms with E-state index in [4.69, 9.17) is 17.3 Å². The van der Waals surface area contributed by atoms with Crippen LogP contribution in [-0.4, -0.2) is 4.98 Å². The molecule has 0 spiro atoms. The van der Waals surface area contributed by atoms with Gasteiger partial charge in [-0.1, -0.05) is 17.7 Å². The van der Waals surface area contributed by atoms with Crippen LogP contribution in [0.1, 0.15) is 5.56 Å². The molecule has 2 aromatic carbocycles. The Kier molecular flexibility index (Phi) is 3.30. The number of nitrogen functional groups attached to an aromatic ring is 1.